The van der Waals surface area contributed by atoms with Crippen LogP contribution in [-0.4, -0.2) is 72.5 Å². The summed E-state index contributed by atoms with van der Waals surface area (Å²) in [5, 5.41) is 9.88. The van der Waals surface area contributed by atoms with Crippen LogP contribution in [0.2, 0.25) is 0 Å². The van der Waals surface area contributed by atoms with Crippen molar-refractivity contribution in [2.45, 2.75) is 91.4 Å². The van der Waals surface area contributed by atoms with Crippen molar-refractivity contribution in [2.75, 3.05) is 33.4 Å². The first-order valence-electron chi connectivity index (χ1n) is 14.2. The lowest BCUT2D eigenvalue weighted by atomic mass is 9.99. The first kappa shape index (κ1) is 33.9. The summed E-state index contributed by atoms with van der Waals surface area (Å²) in [4.78, 5) is 4.78. The number of fused-ring (bicyclic) bond motifs is 2. The highest BCUT2D eigenvalue weighted by Gasteiger charge is 2.31. The van der Waals surface area contributed by atoms with Gasteiger partial charge in [-0.15, -0.1) is 12.4 Å². The molecule has 40 heavy (non-hydrogen) atoms. The van der Waals surface area contributed by atoms with Crippen molar-refractivity contribution < 1.29 is 28.1 Å². The second-order valence-corrected chi connectivity index (χ2v) is 10.9. The molecule has 0 unspecified atom stereocenters. The maximum absolute atomic E-state index is 13.8. The van der Waals surface area contributed by atoms with E-state index in [-0.39, 0.29) is 41.8 Å². The van der Waals surface area contributed by atoms with Crippen LogP contribution in [0, 0.1) is 11.6 Å². The van der Waals surface area contributed by atoms with Gasteiger partial charge in [-0.1, -0.05) is 13.8 Å². The minimum atomic E-state index is -0.391. The van der Waals surface area contributed by atoms with Gasteiger partial charge < -0.3 is 19.3 Å². The predicted molar refractivity (Wildman–Crippen MR) is 159 cm³/mol. The Morgan fingerprint density at radius 2 is 1.27 bits per heavy atom. The maximum atomic E-state index is 13.8. The Labute approximate surface area is 245 Å². The van der Waals surface area contributed by atoms with E-state index in [4.69, 9.17) is 14.2 Å². The number of rotatable bonds is 9. The SMILES string of the molecule is CCCN(C(C)C)[C@H]1COc2c(F)ccc(O)c2C1.CCCN(C(C)C)[C@H]1COc2c(F)ccc(OC)c2C1.Cl. The first-order valence-corrected chi connectivity index (χ1v) is 14.2. The maximum Gasteiger partial charge on any atom is 0.165 e. The first-order chi connectivity index (χ1) is 18.6. The number of phenols is 1. The van der Waals surface area contributed by atoms with Gasteiger partial charge in [0.1, 0.15) is 24.7 Å². The van der Waals surface area contributed by atoms with E-state index in [1.165, 1.54) is 18.2 Å². The second-order valence-electron chi connectivity index (χ2n) is 10.9. The molecule has 0 fully saturated rings. The summed E-state index contributed by atoms with van der Waals surface area (Å²) < 4.78 is 44.1. The van der Waals surface area contributed by atoms with E-state index in [1.54, 1.807) is 13.2 Å². The molecule has 0 bridgehead atoms. The van der Waals surface area contributed by atoms with Crippen molar-refractivity contribution in [3.05, 3.63) is 47.0 Å². The lowest BCUT2D eigenvalue weighted by Crippen LogP contribution is -2.47. The molecule has 2 heterocycles. The zero-order chi connectivity index (χ0) is 28.7. The smallest absolute Gasteiger partial charge is 0.165 e. The molecule has 2 aliphatic heterocycles. The van der Waals surface area contributed by atoms with Crippen molar-refractivity contribution >= 4 is 12.4 Å². The molecule has 9 heteroatoms. The van der Waals surface area contributed by atoms with E-state index in [0.717, 1.165) is 37.9 Å². The van der Waals surface area contributed by atoms with Gasteiger partial charge in [0, 0.05) is 35.3 Å². The summed E-state index contributed by atoms with van der Waals surface area (Å²) in [5.74, 6) is 0.730. The van der Waals surface area contributed by atoms with Crippen LogP contribution >= 0.6 is 12.4 Å². The summed E-state index contributed by atoms with van der Waals surface area (Å²) >= 11 is 0. The Kier molecular flexibility index (Phi) is 13.3. The lowest BCUT2D eigenvalue weighted by molar-refractivity contribution is 0.0890. The number of nitrogens with zero attached hydrogens (tertiary/aromatic N) is 2. The average molecular weight is 585 g/mol. The van der Waals surface area contributed by atoms with Crippen molar-refractivity contribution in [3.63, 3.8) is 0 Å². The van der Waals surface area contributed by atoms with Gasteiger partial charge in [0.2, 0.25) is 0 Å². The molecule has 0 saturated heterocycles. The fourth-order valence-corrected chi connectivity index (χ4v) is 5.68. The largest absolute Gasteiger partial charge is 0.508 e. The standard InChI is InChI=1S/C16H24FNO2.C15H22FNO2.ClH/c1-5-8-18(11(2)3)12-9-13-15(19-4)7-6-14(17)16(13)20-10-12;1-4-7-17(10(2)3)11-8-12-14(18)6-5-13(16)15(12)19-9-11;/h6-7,11-12H,5,8-10H2,1-4H3;5-6,10-11,18H,4,7-9H2,1-3H3;1H/t12-;11-;/m11./s1. The van der Waals surface area contributed by atoms with E-state index in [0.29, 0.717) is 48.8 Å². The van der Waals surface area contributed by atoms with Crippen LogP contribution in [0.5, 0.6) is 23.0 Å². The number of hydrogen-bond donors (Lipinski definition) is 1. The normalized spacial score (nSPS) is 17.8. The lowest BCUT2D eigenvalue weighted by Gasteiger charge is -2.38. The quantitative estimate of drug-likeness (QED) is 0.357. The van der Waals surface area contributed by atoms with Crippen LogP contribution < -0.4 is 14.2 Å². The predicted octanol–water partition coefficient (Wildman–Crippen LogP) is 6.64. The van der Waals surface area contributed by atoms with Crippen molar-refractivity contribution in [3.8, 4) is 23.0 Å². The van der Waals surface area contributed by atoms with Crippen LogP contribution in [0.1, 0.15) is 65.5 Å². The molecule has 4 rings (SSSR count). The van der Waals surface area contributed by atoms with Gasteiger partial charge in [-0.2, -0.15) is 0 Å². The number of benzene rings is 2. The molecule has 2 aliphatic rings. The molecule has 0 aromatic heterocycles. The Morgan fingerprint density at radius 1 is 0.825 bits per heavy atom. The molecule has 0 radical (unpaired) electrons. The van der Waals surface area contributed by atoms with E-state index in [1.807, 2.05) is 0 Å². The molecular formula is C31H47ClF2N2O4. The fourth-order valence-electron chi connectivity index (χ4n) is 5.68. The van der Waals surface area contributed by atoms with E-state index >= 15 is 0 Å². The molecule has 6 nitrogen and oxygen atoms in total. The zero-order valence-corrected chi connectivity index (χ0v) is 25.8. The molecule has 2 aromatic rings. The van der Waals surface area contributed by atoms with Gasteiger partial charge in [0.15, 0.2) is 23.1 Å². The highest BCUT2D eigenvalue weighted by molar-refractivity contribution is 5.85. The minimum absolute atomic E-state index is 0. The Hall–Kier alpha value is -2.29. The number of aromatic hydroxyl groups is 1. The molecule has 0 aliphatic carbocycles. The van der Waals surface area contributed by atoms with E-state index in [9.17, 15) is 13.9 Å². The number of methoxy groups -OCH3 is 1. The molecule has 0 saturated carbocycles. The van der Waals surface area contributed by atoms with Crippen LogP contribution in [-0.2, 0) is 12.8 Å². The minimum Gasteiger partial charge on any atom is -0.508 e. The van der Waals surface area contributed by atoms with Gasteiger partial charge in [0.05, 0.1) is 7.11 Å². The van der Waals surface area contributed by atoms with Crippen LogP contribution in [0.3, 0.4) is 0 Å². The summed E-state index contributed by atoms with van der Waals surface area (Å²) in [5.41, 5.74) is 1.45. The van der Waals surface area contributed by atoms with Gasteiger partial charge in [-0.25, -0.2) is 8.78 Å². The molecular weight excluding hydrogens is 538 g/mol. The van der Waals surface area contributed by atoms with E-state index < -0.39 is 5.82 Å². The Bertz CT molecular complexity index is 1090. The van der Waals surface area contributed by atoms with Crippen molar-refractivity contribution in [1.82, 2.24) is 9.80 Å². The molecule has 2 atom stereocenters. The topological polar surface area (TPSA) is 54.4 Å². The Balaban J connectivity index is 0.000000274. The van der Waals surface area contributed by atoms with Crippen LogP contribution in [0.25, 0.3) is 0 Å². The monoisotopic (exact) mass is 584 g/mol. The highest BCUT2D eigenvalue weighted by Crippen LogP contribution is 2.37. The third kappa shape index (κ3) is 7.92. The molecule has 0 amide bonds. The van der Waals surface area contributed by atoms with Gasteiger partial charge in [-0.3, -0.25) is 9.80 Å². The Morgan fingerprint density at radius 3 is 1.73 bits per heavy atom. The summed E-state index contributed by atoms with van der Waals surface area (Å²) in [6.07, 6.45) is 3.57. The molecule has 2 aromatic carbocycles. The molecule has 0 spiro atoms. The number of halogens is 3. The number of hydrogen-bond acceptors (Lipinski definition) is 6. The molecule has 226 valence electrons. The van der Waals surface area contributed by atoms with Gasteiger partial charge >= 0.3 is 0 Å². The summed E-state index contributed by atoms with van der Waals surface area (Å²) in [6, 6.07) is 7.07. The van der Waals surface area contributed by atoms with E-state index in [2.05, 4.69) is 51.3 Å². The van der Waals surface area contributed by atoms with Gasteiger partial charge in [-0.05, 0) is 90.7 Å². The number of ether oxygens (including phenoxy) is 3. The van der Waals surface area contributed by atoms with Crippen LogP contribution in [0.4, 0.5) is 8.78 Å². The molecule has 1 N–H and O–H groups in total. The number of phenolic OH excluding ortho intramolecular Hbond substituents is 1. The van der Waals surface area contributed by atoms with Crippen molar-refractivity contribution in [2.24, 2.45) is 0 Å². The fraction of sp³-hybridized carbons (Fsp3) is 0.613. The van der Waals surface area contributed by atoms with Crippen molar-refractivity contribution in [1.29, 1.82) is 0 Å². The summed E-state index contributed by atoms with van der Waals surface area (Å²) in [7, 11) is 1.61. The third-order valence-electron chi connectivity index (χ3n) is 7.52. The second kappa shape index (κ2) is 15.6. The zero-order valence-electron chi connectivity index (χ0n) is 25.0. The third-order valence-corrected chi connectivity index (χ3v) is 7.52. The summed E-state index contributed by atoms with van der Waals surface area (Å²) in [6.45, 7) is 16.0. The van der Waals surface area contributed by atoms with Gasteiger partial charge in [0.25, 0.3) is 0 Å². The highest BCUT2D eigenvalue weighted by atomic mass is 35.5. The van der Waals surface area contributed by atoms with Crippen LogP contribution in [0.15, 0.2) is 24.3 Å². The average Bonchev–Trinajstić information content (AvgIpc) is 2.92.